The van der Waals surface area contributed by atoms with Crippen LogP contribution in [0.1, 0.15) is 0 Å². The van der Waals surface area contributed by atoms with E-state index in [0.717, 1.165) is 0 Å². The van der Waals surface area contributed by atoms with Crippen molar-refractivity contribution in [2.75, 3.05) is 6.54 Å². The molecular formula is C7H4BrN5O4S. The summed E-state index contributed by atoms with van der Waals surface area (Å²) in [5.41, 5.74) is 7.86. The van der Waals surface area contributed by atoms with Crippen LogP contribution in [-0.4, -0.2) is 54.6 Å². The molecule has 3 amide bonds. The highest BCUT2D eigenvalue weighted by molar-refractivity contribution is 9.10. The number of rotatable bonds is 3. The highest BCUT2D eigenvalue weighted by Gasteiger charge is 2.64. The monoisotopic (exact) mass is 333 g/mol. The van der Waals surface area contributed by atoms with E-state index in [0.29, 0.717) is 0 Å². The molecule has 11 heteroatoms. The fraction of sp³-hybridized carbons (Fsp3) is 0.286. The predicted molar refractivity (Wildman–Crippen MR) is 62.0 cm³/mol. The van der Waals surface area contributed by atoms with E-state index in [1.54, 1.807) is 0 Å². The first-order valence-electron chi connectivity index (χ1n) is 4.22. The average molecular weight is 334 g/mol. The fourth-order valence-electron chi connectivity index (χ4n) is 1.15. The van der Waals surface area contributed by atoms with Crippen molar-refractivity contribution >= 4 is 56.7 Å². The lowest BCUT2D eigenvalue weighted by Gasteiger charge is -2.15. The molecule has 1 aliphatic heterocycles. The topological polar surface area (TPSA) is 135 Å². The van der Waals surface area contributed by atoms with Gasteiger partial charge in [-0.3, -0.25) is 19.6 Å². The van der Waals surface area contributed by atoms with E-state index in [2.05, 4.69) is 37.9 Å². The summed E-state index contributed by atoms with van der Waals surface area (Å²) in [6, 6.07) is 0. The third-order valence-electron chi connectivity index (χ3n) is 1.91. The highest BCUT2D eigenvalue weighted by Crippen LogP contribution is 2.26. The lowest BCUT2D eigenvalue weighted by atomic mass is 10.2. The molecule has 1 fully saturated rings. The zero-order chi connectivity index (χ0) is 13.9. The average Bonchev–Trinajstić information content (AvgIpc) is 2.48. The molecule has 1 aliphatic rings. The Hall–Kier alpha value is -1.77. The van der Waals surface area contributed by atoms with Gasteiger partial charge in [0.05, 0.1) is 5.16 Å². The summed E-state index contributed by atoms with van der Waals surface area (Å²) < 4.78 is -2.14. The number of hydrogen-bond acceptors (Lipinski definition) is 6. The number of aliphatic imine (C=N–C) groups is 1. The van der Waals surface area contributed by atoms with Gasteiger partial charge < -0.3 is 10.8 Å². The van der Waals surface area contributed by atoms with Crippen LogP contribution in [0.5, 0.6) is 0 Å². The zero-order valence-corrected chi connectivity index (χ0v) is 10.9. The van der Waals surface area contributed by atoms with Gasteiger partial charge in [0.2, 0.25) is 5.91 Å². The van der Waals surface area contributed by atoms with Gasteiger partial charge >= 0.3 is 17.5 Å². The number of amides is 3. The van der Waals surface area contributed by atoms with Crippen LogP contribution in [0.4, 0.5) is 0 Å². The maximum absolute atomic E-state index is 11.6. The molecule has 2 N–H and O–H groups in total. The van der Waals surface area contributed by atoms with Gasteiger partial charge in [-0.1, -0.05) is 0 Å². The minimum absolute atomic E-state index is 0.285. The van der Waals surface area contributed by atoms with Crippen molar-refractivity contribution in [2.24, 2.45) is 4.99 Å². The van der Waals surface area contributed by atoms with Crippen molar-refractivity contribution in [2.45, 2.75) is 4.45 Å². The third-order valence-corrected chi connectivity index (χ3v) is 2.95. The van der Waals surface area contributed by atoms with Crippen LogP contribution < -0.4 is 5.32 Å². The molecule has 1 saturated heterocycles. The molecule has 0 aromatic carbocycles. The summed E-state index contributed by atoms with van der Waals surface area (Å²) in [7, 11) is 0. The van der Waals surface area contributed by atoms with Gasteiger partial charge in [-0.2, -0.15) is 4.79 Å². The fourth-order valence-corrected chi connectivity index (χ4v) is 1.85. The Kier molecular flexibility index (Phi) is 4.17. The van der Waals surface area contributed by atoms with Crippen LogP contribution in [0.15, 0.2) is 4.99 Å². The van der Waals surface area contributed by atoms with E-state index in [4.69, 9.17) is 10.7 Å². The quantitative estimate of drug-likeness (QED) is 0.0969. The molecule has 1 rings (SSSR count). The van der Waals surface area contributed by atoms with E-state index in [9.17, 15) is 14.4 Å². The van der Waals surface area contributed by atoms with E-state index >= 15 is 0 Å². The Morgan fingerprint density at radius 1 is 1.72 bits per heavy atom. The lowest BCUT2D eigenvalue weighted by molar-refractivity contribution is -0.171. The second kappa shape index (κ2) is 5.25. The van der Waals surface area contributed by atoms with Crippen molar-refractivity contribution in [3.05, 3.63) is 5.53 Å². The Bertz CT molecular complexity index is 538. The molecule has 0 aliphatic carbocycles. The highest BCUT2D eigenvalue weighted by atomic mass is 79.9. The van der Waals surface area contributed by atoms with Gasteiger partial charge in [0.25, 0.3) is 4.45 Å². The molecule has 0 saturated carbocycles. The molecule has 18 heavy (non-hydrogen) atoms. The first-order chi connectivity index (χ1) is 8.38. The number of carbonyl (C=O) groups is 3. The zero-order valence-electron chi connectivity index (χ0n) is 8.45. The Morgan fingerprint density at radius 3 is 2.83 bits per heavy atom. The predicted octanol–water partition coefficient (Wildman–Crippen LogP) is -1.27. The molecule has 0 bridgehead atoms. The molecule has 0 aromatic heterocycles. The van der Waals surface area contributed by atoms with E-state index < -0.39 is 34.4 Å². The van der Waals surface area contributed by atoms with Crippen molar-refractivity contribution in [3.63, 3.8) is 0 Å². The molecule has 1 heterocycles. The number of hydrogen-bond donors (Lipinski definition) is 2. The maximum atomic E-state index is 11.6. The second-order valence-electron chi connectivity index (χ2n) is 2.98. The number of halogens is 1. The van der Waals surface area contributed by atoms with Crippen molar-refractivity contribution in [1.82, 2.24) is 10.4 Å². The Morgan fingerprint density at radius 2 is 2.33 bits per heavy atom. The van der Waals surface area contributed by atoms with Crippen LogP contribution in [0, 0.1) is 0 Å². The number of thiocarbonyl (C=S) groups is 1. The van der Waals surface area contributed by atoms with Crippen LogP contribution in [0.2, 0.25) is 0 Å². The second-order valence-corrected chi connectivity index (χ2v) is 4.36. The Balaban J connectivity index is 3.07. The van der Waals surface area contributed by atoms with Crippen molar-refractivity contribution in [3.8, 4) is 0 Å². The number of nitrogens with one attached hydrogen (secondary N) is 1. The number of isothiocyanates is 1. The number of hydroxylamine groups is 2. The molecule has 94 valence electrons. The summed E-state index contributed by atoms with van der Waals surface area (Å²) >= 11 is 6.97. The van der Waals surface area contributed by atoms with Gasteiger partial charge in [-0.05, 0) is 28.1 Å². The van der Waals surface area contributed by atoms with Crippen LogP contribution >= 0.6 is 28.1 Å². The van der Waals surface area contributed by atoms with E-state index in [1.165, 1.54) is 0 Å². The molecular weight excluding hydrogens is 330 g/mol. The molecule has 0 aromatic rings. The van der Waals surface area contributed by atoms with Gasteiger partial charge in [0.15, 0.2) is 0 Å². The van der Waals surface area contributed by atoms with Crippen molar-refractivity contribution < 1.29 is 24.4 Å². The standard InChI is InChI=1S/C7H4BrN5O4S/c8-7(11-3(14)1-10-2-18)4(12-9)5(15)13(17)6(7)16/h17H,1H2,(H,11,14). The minimum Gasteiger partial charge on any atom is -0.361 e. The number of carbonyl (C=O) groups excluding carboxylic acids is 3. The minimum atomic E-state index is -2.14. The normalized spacial score (nSPS) is 22.6. The summed E-state index contributed by atoms with van der Waals surface area (Å²) in [6.07, 6.45) is 0. The molecule has 0 spiro atoms. The summed E-state index contributed by atoms with van der Waals surface area (Å²) in [6.45, 7) is -0.442. The first kappa shape index (κ1) is 14.3. The van der Waals surface area contributed by atoms with E-state index in [-0.39, 0.29) is 5.06 Å². The smallest absolute Gasteiger partial charge is 0.361 e. The van der Waals surface area contributed by atoms with Gasteiger partial charge in [0, 0.05) is 0 Å². The number of imide groups is 1. The first-order valence-corrected chi connectivity index (χ1v) is 5.42. The van der Waals surface area contributed by atoms with Gasteiger partial charge in [0.1, 0.15) is 6.54 Å². The van der Waals surface area contributed by atoms with Crippen LogP contribution in [0.25, 0.3) is 5.53 Å². The summed E-state index contributed by atoms with van der Waals surface area (Å²) in [5.74, 6) is -3.29. The van der Waals surface area contributed by atoms with Gasteiger partial charge in [-0.15, -0.1) is 5.06 Å². The number of alkyl halides is 1. The number of nitrogens with zero attached hydrogens (tertiary/aromatic N) is 4. The third kappa shape index (κ3) is 2.26. The van der Waals surface area contributed by atoms with Crippen LogP contribution in [0.3, 0.4) is 0 Å². The Labute approximate surface area is 113 Å². The largest absolute Gasteiger partial charge is 0.404 e. The summed E-state index contributed by atoms with van der Waals surface area (Å²) in [5, 5.41) is 12.8. The maximum Gasteiger partial charge on any atom is 0.404 e. The molecule has 1 unspecified atom stereocenters. The van der Waals surface area contributed by atoms with Gasteiger partial charge in [-0.25, -0.2) is 4.99 Å². The summed E-state index contributed by atoms with van der Waals surface area (Å²) in [4.78, 5) is 40.1. The van der Waals surface area contributed by atoms with Crippen molar-refractivity contribution in [1.29, 1.82) is 0 Å². The molecule has 0 radical (unpaired) electrons. The molecule has 9 nitrogen and oxygen atoms in total. The van der Waals surface area contributed by atoms with Crippen LogP contribution in [-0.2, 0) is 14.4 Å². The lowest BCUT2D eigenvalue weighted by Crippen LogP contribution is -2.54. The van der Waals surface area contributed by atoms with E-state index in [1.807, 2.05) is 10.5 Å². The SMILES string of the molecule is [N-]=[N+]=C1C(=O)N(O)C(=O)C1(Br)NC(=O)CN=C=S. The molecule has 1 atom stereocenters.